The second kappa shape index (κ2) is 10.2. The summed E-state index contributed by atoms with van der Waals surface area (Å²) in [5.41, 5.74) is 5.08. The maximum atomic E-state index is 12.6. The minimum atomic E-state index is -1.23. The minimum Gasteiger partial charge on any atom is -0.550 e. The highest BCUT2D eigenvalue weighted by Crippen LogP contribution is 2.44. The van der Waals surface area contributed by atoms with Gasteiger partial charge in [-0.25, -0.2) is 4.79 Å². The van der Waals surface area contributed by atoms with Gasteiger partial charge < -0.3 is 24.7 Å². The molecule has 1 aliphatic rings. The Balaban J connectivity index is 1.39. The van der Waals surface area contributed by atoms with Crippen LogP contribution >= 0.6 is 0 Å². The molecule has 0 unspecified atom stereocenters. The summed E-state index contributed by atoms with van der Waals surface area (Å²) in [5, 5.41) is 14.0. The highest BCUT2D eigenvalue weighted by molar-refractivity contribution is 5.79. The molecule has 0 radical (unpaired) electrons. The van der Waals surface area contributed by atoms with Gasteiger partial charge in [0.25, 0.3) is 0 Å². The Labute approximate surface area is 205 Å². The van der Waals surface area contributed by atoms with E-state index in [4.69, 9.17) is 9.47 Å². The van der Waals surface area contributed by atoms with Crippen molar-refractivity contribution in [1.82, 2.24) is 5.32 Å². The molecule has 1 aliphatic carbocycles. The van der Waals surface area contributed by atoms with E-state index < -0.39 is 18.1 Å². The van der Waals surface area contributed by atoms with E-state index in [0.717, 1.165) is 33.6 Å². The SMILES string of the molecule is CC(C)(C)Oc1ccc(C[C@@H](CC(=O)[O-])NC(=O)OCC2c3ccccc3-c3ccccc32)cc1. The van der Waals surface area contributed by atoms with E-state index in [2.05, 4.69) is 17.4 Å². The first kappa shape index (κ1) is 24.3. The first-order chi connectivity index (χ1) is 16.7. The Morgan fingerprint density at radius 1 is 0.914 bits per heavy atom. The summed E-state index contributed by atoms with van der Waals surface area (Å²) in [7, 11) is 0. The maximum absolute atomic E-state index is 12.6. The lowest BCUT2D eigenvalue weighted by atomic mass is 9.98. The Kier molecular flexibility index (Phi) is 7.10. The lowest BCUT2D eigenvalue weighted by Gasteiger charge is -2.22. The van der Waals surface area contributed by atoms with Crippen molar-refractivity contribution in [3.8, 4) is 16.9 Å². The minimum absolute atomic E-state index is 0.0666. The molecule has 182 valence electrons. The summed E-state index contributed by atoms with van der Waals surface area (Å²) in [4.78, 5) is 24.0. The van der Waals surface area contributed by atoms with Crippen LogP contribution in [0.3, 0.4) is 0 Å². The van der Waals surface area contributed by atoms with Crippen molar-refractivity contribution in [2.75, 3.05) is 6.61 Å². The van der Waals surface area contributed by atoms with E-state index in [0.29, 0.717) is 6.42 Å². The van der Waals surface area contributed by atoms with Crippen LogP contribution in [0, 0.1) is 0 Å². The van der Waals surface area contributed by atoms with Gasteiger partial charge in [0.15, 0.2) is 0 Å². The third kappa shape index (κ3) is 6.21. The molecule has 6 nitrogen and oxygen atoms in total. The number of ether oxygens (including phenoxy) is 2. The van der Waals surface area contributed by atoms with Crippen LogP contribution < -0.4 is 15.2 Å². The molecule has 0 aliphatic heterocycles. The van der Waals surface area contributed by atoms with Crippen molar-refractivity contribution in [1.29, 1.82) is 0 Å². The van der Waals surface area contributed by atoms with E-state index in [1.165, 1.54) is 0 Å². The summed E-state index contributed by atoms with van der Waals surface area (Å²) >= 11 is 0. The number of carbonyl (C=O) groups is 2. The summed E-state index contributed by atoms with van der Waals surface area (Å²) in [6.07, 6.45) is -0.635. The van der Waals surface area contributed by atoms with Gasteiger partial charge in [0.05, 0.1) is 0 Å². The van der Waals surface area contributed by atoms with E-state index in [1.807, 2.05) is 81.4 Å². The Hall–Kier alpha value is -3.80. The van der Waals surface area contributed by atoms with Crippen molar-refractivity contribution in [2.24, 2.45) is 0 Å². The number of rotatable bonds is 8. The number of nitrogens with one attached hydrogen (secondary N) is 1. The molecule has 1 atom stereocenters. The molecule has 0 saturated carbocycles. The molecule has 0 aromatic heterocycles. The van der Waals surface area contributed by atoms with Crippen molar-refractivity contribution in [3.63, 3.8) is 0 Å². The van der Waals surface area contributed by atoms with Crippen LogP contribution in [-0.4, -0.2) is 30.3 Å². The zero-order chi connectivity index (χ0) is 25.0. The average molecular weight is 473 g/mol. The number of hydrogen-bond acceptors (Lipinski definition) is 5. The Bertz CT molecular complexity index is 1150. The smallest absolute Gasteiger partial charge is 0.407 e. The van der Waals surface area contributed by atoms with Gasteiger partial charge in [0.2, 0.25) is 0 Å². The molecular weight excluding hydrogens is 442 g/mol. The standard InChI is InChI=1S/C29H31NO5/c1-29(2,3)35-21-14-12-19(13-15-21)16-20(17-27(31)32)30-28(33)34-18-26-24-10-6-4-8-22(24)23-9-5-7-11-25(23)26/h4-15,20,26H,16-18H2,1-3H3,(H,30,33)(H,31,32)/p-1/t20-/m0/s1. The third-order valence-corrected chi connectivity index (χ3v) is 5.91. The number of carbonyl (C=O) groups excluding carboxylic acids is 2. The Morgan fingerprint density at radius 2 is 1.49 bits per heavy atom. The molecular formula is C29H30NO5-. The van der Waals surface area contributed by atoms with Gasteiger partial charge in [-0.2, -0.15) is 0 Å². The zero-order valence-electron chi connectivity index (χ0n) is 20.2. The second-order valence-corrected chi connectivity index (χ2v) is 9.81. The van der Waals surface area contributed by atoms with Crippen LogP contribution in [-0.2, 0) is 16.0 Å². The lowest BCUT2D eigenvalue weighted by molar-refractivity contribution is -0.306. The van der Waals surface area contributed by atoms with Gasteiger partial charge in [0.1, 0.15) is 18.0 Å². The fraction of sp³-hybridized carbons (Fsp3) is 0.310. The number of amides is 1. The van der Waals surface area contributed by atoms with Crippen LogP contribution in [0.25, 0.3) is 11.1 Å². The number of alkyl carbamates (subject to hydrolysis) is 1. The normalized spacial score (nSPS) is 13.5. The Morgan fingerprint density at radius 3 is 2.03 bits per heavy atom. The first-order valence-electron chi connectivity index (χ1n) is 11.8. The average Bonchev–Trinajstić information content (AvgIpc) is 3.11. The summed E-state index contributed by atoms with van der Waals surface area (Å²) in [6.45, 7) is 6.07. The molecule has 0 spiro atoms. The molecule has 0 saturated heterocycles. The lowest BCUT2D eigenvalue weighted by Crippen LogP contribution is -2.41. The van der Waals surface area contributed by atoms with Crippen LogP contribution in [0.5, 0.6) is 5.75 Å². The third-order valence-electron chi connectivity index (χ3n) is 5.91. The molecule has 0 heterocycles. The summed E-state index contributed by atoms with van der Waals surface area (Å²) < 4.78 is 11.4. The van der Waals surface area contributed by atoms with E-state index in [9.17, 15) is 14.7 Å². The van der Waals surface area contributed by atoms with Crippen molar-refractivity contribution >= 4 is 12.1 Å². The molecule has 4 rings (SSSR count). The molecule has 0 bridgehead atoms. The van der Waals surface area contributed by atoms with E-state index >= 15 is 0 Å². The number of carboxylic acid groups (broad SMARTS) is 1. The monoisotopic (exact) mass is 472 g/mol. The fourth-order valence-electron chi connectivity index (χ4n) is 4.51. The van der Waals surface area contributed by atoms with E-state index in [-0.39, 0.29) is 24.5 Å². The quantitative estimate of drug-likeness (QED) is 0.523. The predicted molar refractivity (Wildman–Crippen MR) is 132 cm³/mol. The largest absolute Gasteiger partial charge is 0.550 e. The molecule has 3 aromatic rings. The van der Waals surface area contributed by atoms with Crippen LogP contribution in [0.1, 0.15) is 49.8 Å². The summed E-state index contributed by atoms with van der Waals surface area (Å²) in [5.74, 6) is -0.577. The van der Waals surface area contributed by atoms with Gasteiger partial charge in [0, 0.05) is 24.3 Å². The highest BCUT2D eigenvalue weighted by atomic mass is 16.5. The number of aliphatic carboxylic acids is 1. The predicted octanol–water partition coefficient (Wildman–Crippen LogP) is 4.45. The maximum Gasteiger partial charge on any atom is 0.407 e. The number of fused-ring (bicyclic) bond motifs is 3. The fourth-order valence-corrected chi connectivity index (χ4v) is 4.51. The van der Waals surface area contributed by atoms with Gasteiger partial charge >= 0.3 is 6.09 Å². The zero-order valence-corrected chi connectivity index (χ0v) is 20.2. The molecule has 0 fully saturated rings. The van der Waals surface area contributed by atoms with E-state index in [1.54, 1.807) is 0 Å². The van der Waals surface area contributed by atoms with Crippen molar-refractivity contribution in [3.05, 3.63) is 89.5 Å². The topological polar surface area (TPSA) is 87.7 Å². The van der Waals surface area contributed by atoms with Gasteiger partial charge in [-0.15, -0.1) is 0 Å². The van der Waals surface area contributed by atoms with Crippen LogP contribution in [0.2, 0.25) is 0 Å². The molecule has 1 amide bonds. The number of carboxylic acids is 1. The molecule has 6 heteroatoms. The van der Waals surface area contributed by atoms with Gasteiger partial charge in [-0.3, -0.25) is 0 Å². The summed E-state index contributed by atoms with van der Waals surface area (Å²) in [6, 6.07) is 22.9. The molecule has 35 heavy (non-hydrogen) atoms. The van der Waals surface area contributed by atoms with Gasteiger partial charge in [-0.05, 0) is 67.1 Å². The van der Waals surface area contributed by atoms with Crippen molar-refractivity contribution < 1.29 is 24.2 Å². The van der Waals surface area contributed by atoms with Crippen molar-refractivity contribution in [2.45, 2.75) is 51.2 Å². The van der Waals surface area contributed by atoms with Crippen LogP contribution in [0.15, 0.2) is 72.8 Å². The first-order valence-corrected chi connectivity index (χ1v) is 11.8. The van der Waals surface area contributed by atoms with Crippen LogP contribution in [0.4, 0.5) is 4.79 Å². The number of hydrogen-bond donors (Lipinski definition) is 1. The van der Waals surface area contributed by atoms with Gasteiger partial charge in [-0.1, -0.05) is 60.7 Å². The molecule has 3 aromatic carbocycles. The highest BCUT2D eigenvalue weighted by Gasteiger charge is 2.29. The second-order valence-electron chi connectivity index (χ2n) is 9.81. The molecule has 1 N–H and O–H groups in total. The number of benzene rings is 3.